The fraction of sp³-hybridized carbons (Fsp3) is 0.250. The number of anilines is 1. The van der Waals surface area contributed by atoms with Gasteiger partial charge < -0.3 is 10.1 Å². The lowest BCUT2D eigenvalue weighted by atomic mass is 10.2. The van der Waals surface area contributed by atoms with E-state index in [1.807, 2.05) is 6.07 Å². The lowest BCUT2D eigenvalue weighted by Gasteiger charge is -2.22. The molecule has 1 aliphatic rings. The molecular weight excluding hydrogens is 430 g/mol. The molecule has 0 radical (unpaired) electrons. The van der Waals surface area contributed by atoms with E-state index < -0.39 is 34.5 Å². The van der Waals surface area contributed by atoms with Crippen molar-refractivity contribution in [2.45, 2.75) is 23.8 Å². The largest absolute Gasteiger partial charge is 0.454 e. The van der Waals surface area contributed by atoms with Crippen LogP contribution in [0.4, 0.5) is 5.69 Å². The van der Waals surface area contributed by atoms with Gasteiger partial charge in [0.2, 0.25) is 10.0 Å². The molecule has 2 aromatic rings. The number of sulfonamides is 1. The molecular formula is C20H18ClN3O5S. The zero-order valence-electron chi connectivity index (χ0n) is 15.7. The minimum absolute atomic E-state index is 0.0254. The smallest absolute Gasteiger partial charge is 0.324 e. The summed E-state index contributed by atoms with van der Waals surface area (Å²) < 4.78 is 31.9. The van der Waals surface area contributed by atoms with Gasteiger partial charge in [0.15, 0.2) is 6.61 Å². The van der Waals surface area contributed by atoms with Crippen LogP contribution in [0.15, 0.2) is 53.4 Å². The third-order valence-corrected chi connectivity index (χ3v) is 6.74. The Bertz CT molecular complexity index is 1100. The first-order valence-electron chi connectivity index (χ1n) is 9.06. The highest BCUT2D eigenvalue weighted by Gasteiger charge is 2.40. The number of amides is 1. The van der Waals surface area contributed by atoms with E-state index in [0.717, 1.165) is 4.31 Å². The van der Waals surface area contributed by atoms with Gasteiger partial charge >= 0.3 is 5.97 Å². The molecule has 3 rings (SSSR count). The van der Waals surface area contributed by atoms with Crippen LogP contribution in [-0.4, -0.2) is 43.8 Å². The van der Waals surface area contributed by atoms with E-state index in [9.17, 15) is 18.0 Å². The Morgan fingerprint density at radius 3 is 2.60 bits per heavy atom. The van der Waals surface area contributed by atoms with Gasteiger partial charge in [0, 0.05) is 11.6 Å². The van der Waals surface area contributed by atoms with Gasteiger partial charge in [-0.15, -0.1) is 0 Å². The molecule has 0 spiro atoms. The maximum Gasteiger partial charge on any atom is 0.324 e. The Hall–Kier alpha value is -2.93. The number of para-hydroxylation sites is 1. The highest BCUT2D eigenvalue weighted by atomic mass is 35.5. The number of halogens is 1. The van der Waals surface area contributed by atoms with Crippen molar-refractivity contribution in [1.29, 1.82) is 5.26 Å². The number of carbonyl (C=O) groups excluding carboxylic acids is 2. The van der Waals surface area contributed by atoms with Crippen LogP contribution in [0.1, 0.15) is 18.4 Å². The first-order valence-corrected chi connectivity index (χ1v) is 10.9. The van der Waals surface area contributed by atoms with Gasteiger partial charge in [-0.2, -0.15) is 9.57 Å². The lowest BCUT2D eigenvalue weighted by molar-refractivity contribution is -0.150. The molecule has 1 unspecified atom stereocenters. The normalized spacial score (nSPS) is 16.6. The molecule has 0 aromatic heterocycles. The second-order valence-corrected chi connectivity index (χ2v) is 8.87. The number of esters is 1. The molecule has 2 aromatic carbocycles. The van der Waals surface area contributed by atoms with Crippen molar-refractivity contribution in [3.05, 3.63) is 59.1 Å². The van der Waals surface area contributed by atoms with Crippen molar-refractivity contribution in [2.75, 3.05) is 18.5 Å². The molecule has 1 N–H and O–H groups in total. The number of nitrogens with zero attached hydrogens (tertiary/aromatic N) is 2. The minimum atomic E-state index is -3.91. The molecule has 1 fully saturated rings. The second-order valence-electron chi connectivity index (χ2n) is 6.54. The monoisotopic (exact) mass is 447 g/mol. The van der Waals surface area contributed by atoms with Crippen molar-refractivity contribution in [1.82, 2.24) is 4.31 Å². The van der Waals surface area contributed by atoms with E-state index in [1.54, 1.807) is 24.3 Å². The molecule has 1 aliphatic heterocycles. The number of benzene rings is 2. The molecule has 1 heterocycles. The van der Waals surface area contributed by atoms with Gasteiger partial charge in [0.05, 0.1) is 16.1 Å². The van der Waals surface area contributed by atoms with Crippen molar-refractivity contribution in [3.63, 3.8) is 0 Å². The summed E-state index contributed by atoms with van der Waals surface area (Å²) in [6, 6.07) is 13.0. The van der Waals surface area contributed by atoms with Crippen molar-refractivity contribution in [3.8, 4) is 6.07 Å². The van der Waals surface area contributed by atoms with Crippen LogP contribution in [0.2, 0.25) is 5.02 Å². The summed E-state index contributed by atoms with van der Waals surface area (Å²) in [6.07, 6.45) is 0.791. The molecule has 0 bridgehead atoms. The molecule has 1 saturated heterocycles. The Morgan fingerprint density at radius 1 is 1.20 bits per heavy atom. The van der Waals surface area contributed by atoms with Gasteiger partial charge in [-0.1, -0.05) is 23.7 Å². The average Bonchev–Trinajstić information content (AvgIpc) is 3.24. The maximum absolute atomic E-state index is 12.9. The van der Waals surface area contributed by atoms with Crippen LogP contribution >= 0.6 is 11.6 Å². The van der Waals surface area contributed by atoms with Crippen LogP contribution in [0.3, 0.4) is 0 Å². The summed E-state index contributed by atoms with van der Waals surface area (Å²) in [7, 11) is -3.91. The standard InChI is InChI=1S/C20H18ClN3O5S/c21-15-7-9-16(10-8-15)30(27,28)24-11-3-6-18(24)20(26)29-13-19(25)23-17-5-2-1-4-14(17)12-22/h1-2,4-5,7-10,18H,3,6,11,13H2,(H,23,25). The molecule has 1 atom stereocenters. The van der Waals surface area contributed by atoms with E-state index in [0.29, 0.717) is 23.6 Å². The number of nitriles is 1. The molecule has 8 nitrogen and oxygen atoms in total. The third kappa shape index (κ3) is 4.79. The van der Waals surface area contributed by atoms with E-state index in [2.05, 4.69) is 5.32 Å². The van der Waals surface area contributed by atoms with E-state index in [4.69, 9.17) is 21.6 Å². The first-order chi connectivity index (χ1) is 14.3. The zero-order chi connectivity index (χ0) is 21.7. The van der Waals surface area contributed by atoms with E-state index in [-0.39, 0.29) is 17.0 Å². The molecule has 156 valence electrons. The van der Waals surface area contributed by atoms with Crippen LogP contribution in [0.25, 0.3) is 0 Å². The molecule has 1 amide bonds. The predicted octanol–water partition coefficient (Wildman–Crippen LogP) is 2.55. The number of hydrogen-bond acceptors (Lipinski definition) is 6. The Labute approximate surface area is 179 Å². The van der Waals surface area contributed by atoms with Gasteiger partial charge in [-0.05, 0) is 49.2 Å². The molecule has 0 aliphatic carbocycles. The van der Waals surface area contributed by atoms with E-state index in [1.165, 1.54) is 24.3 Å². The van der Waals surface area contributed by atoms with Gasteiger partial charge in [0.1, 0.15) is 12.1 Å². The second kappa shape index (κ2) is 9.26. The molecule has 0 saturated carbocycles. The van der Waals surface area contributed by atoms with Crippen molar-refractivity contribution >= 4 is 39.2 Å². The minimum Gasteiger partial charge on any atom is -0.454 e. The zero-order valence-corrected chi connectivity index (χ0v) is 17.3. The average molecular weight is 448 g/mol. The number of hydrogen-bond donors (Lipinski definition) is 1. The van der Waals surface area contributed by atoms with Gasteiger partial charge in [-0.25, -0.2) is 8.42 Å². The Kier molecular flexibility index (Phi) is 6.72. The third-order valence-electron chi connectivity index (χ3n) is 4.56. The topological polar surface area (TPSA) is 117 Å². The fourth-order valence-electron chi connectivity index (χ4n) is 3.11. The Balaban J connectivity index is 1.64. The summed E-state index contributed by atoms with van der Waals surface area (Å²) in [6.45, 7) is -0.420. The summed E-state index contributed by atoms with van der Waals surface area (Å²) in [5.74, 6) is -1.43. The number of ether oxygens (including phenoxy) is 1. The summed E-state index contributed by atoms with van der Waals surface area (Å²) in [5.41, 5.74) is 0.571. The van der Waals surface area contributed by atoms with E-state index >= 15 is 0 Å². The van der Waals surface area contributed by atoms with Crippen LogP contribution in [0.5, 0.6) is 0 Å². The SMILES string of the molecule is N#Cc1ccccc1NC(=O)COC(=O)C1CCCN1S(=O)(=O)c1ccc(Cl)cc1. The van der Waals surface area contributed by atoms with Crippen LogP contribution < -0.4 is 5.32 Å². The van der Waals surface area contributed by atoms with Gasteiger partial charge in [0.25, 0.3) is 5.91 Å². The summed E-state index contributed by atoms with van der Waals surface area (Å²) >= 11 is 5.81. The highest BCUT2D eigenvalue weighted by molar-refractivity contribution is 7.89. The fourth-order valence-corrected chi connectivity index (χ4v) is 4.89. The molecule has 10 heteroatoms. The van der Waals surface area contributed by atoms with Crippen LogP contribution in [0, 0.1) is 11.3 Å². The predicted molar refractivity (Wildman–Crippen MR) is 109 cm³/mol. The maximum atomic E-state index is 12.9. The number of carbonyl (C=O) groups is 2. The van der Waals surface area contributed by atoms with Gasteiger partial charge in [-0.3, -0.25) is 9.59 Å². The molecule has 30 heavy (non-hydrogen) atoms. The number of rotatable bonds is 6. The number of nitrogens with one attached hydrogen (secondary N) is 1. The summed E-state index contributed by atoms with van der Waals surface area (Å²) in [5, 5.41) is 11.9. The Morgan fingerprint density at radius 2 is 1.90 bits per heavy atom. The van der Waals surface area contributed by atoms with Crippen molar-refractivity contribution in [2.24, 2.45) is 0 Å². The quantitative estimate of drug-likeness (QED) is 0.680. The first kappa shape index (κ1) is 21.8. The lowest BCUT2D eigenvalue weighted by Crippen LogP contribution is -2.42. The van der Waals surface area contributed by atoms with Crippen LogP contribution in [-0.2, 0) is 24.3 Å². The van der Waals surface area contributed by atoms with Crippen molar-refractivity contribution < 1.29 is 22.7 Å². The summed E-state index contributed by atoms with van der Waals surface area (Å²) in [4.78, 5) is 24.6. The highest BCUT2D eigenvalue weighted by Crippen LogP contribution is 2.27.